The molecule has 0 radical (unpaired) electrons. The first-order chi connectivity index (χ1) is 13.8. The van der Waals surface area contributed by atoms with Crippen LogP contribution >= 0.6 is 0 Å². The molecule has 4 nitrogen and oxygen atoms in total. The van der Waals surface area contributed by atoms with Crippen LogP contribution in [-0.4, -0.2) is 32.1 Å². The first-order valence-corrected chi connectivity index (χ1v) is 10.8. The standard InChI is InChI=1S/C24H31N3O/c28-24(21-9-13-23(14-10-21)27-17-5-2-6-18-27)25-19-20-7-11-22(12-8-20)26-15-3-1-4-16-26/h7-14H,1-6,15-19H2,(H,25,28). The van der Waals surface area contributed by atoms with E-state index in [1.54, 1.807) is 0 Å². The summed E-state index contributed by atoms with van der Waals surface area (Å²) >= 11 is 0. The summed E-state index contributed by atoms with van der Waals surface area (Å²) in [4.78, 5) is 17.4. The van der Waals surface area contributed by atoms with Crippen molar-refractivity contribution >= 4 is 17.3 Å². The van der Waals surface area contributed by atoms with Gasteiger partial charge in [-0.15, -0.1) is 0 Å². The predicted octanol–water partition coefficient (Wildman–Crippen LogP) is 4.60. The zero-order valence-electron chi connectivity index (χ0n) is 16.7. The van der Waals surface area contributed by atoms with Crippen molar-refractivity contribution in [2.75, 3.05) is 36.0 Å². The minimum absolute atomic E-state index is 0.00898. The van der Waals surface area contributed by atoms with Crippen LogP contribution in [-0.2, 0) is 6.54 Å². The Hall–Kier alpha value is -2.49. The number of hydrogen-bond acceptors (Lipinski definition) is 3. The molecule has 2 fully saturated rings. The summed E-state index contributed by atoms with van der Waals surface area (Å²) in [7, 11) is 0. The van der Waals surface area contributed by atoms with Crippen LogP contribution < -0.4 is 15.1 Å². The Balaban J connectivity index is 1.30. The molecule has 1 amide bonds. The van der Waals surface area contributed by atoms with E-state index in [2.05, 4.69) is 51.5 Å². The molecule has 2 aliphatic rings. The molecule has 0 saturated carbocycles. The highest BCUT2D eigenvalue weighted by molar-refractivity contribution is 5.94. The van der Waals surface area contributed by atoms with Gasteiger partial charge in [0.1, 0.15) is 0 Å². The summed E-state index contributed by atoms with van der Waals surface area (Å²) in [6.07, 6.45) is 7.77. The monoisotopic (exact) mass is 377 g/mol. The normalized spacial score (nSPS) is 17.4. The number of rotatable bonds is 5. The second-order valence-electron chi connectivity index (χ2n) is 7.99. The minimum atomic E-state index is -0.00898. The van der Waals surface area contributed by atoms with Gasteiger partial charge in [-0.3, -0.25) is 4.79 Å². The highest BCUT2D eigenvalue weighted by Gasteiger charge is 2.13. The number of carbonyl (C=O) groups is 1. The summed E-state index contributed by atoms with van der Waals surface area (Å²) in [5.41, 5.74) is 4.39. The molecule has 28 heavy (non-hydrogen) atoms. The molecule has 0 spiro atoms. The minimum Gasteiger partial charge on any atom is -0.372 e. The summed E-state index contributed by atoms with van der Waals surface area (Å²) in [5, 5.41) is 3.05. The average Bonchev–Trinajstić information content (AvgIpc) is 2.79. The fourth-order valence-electron chi connectivity index (χ4n) is 4.24. The van der Waals surface area contributed by atoms with Crippen molar-refractivity contribution in [1.29, 1.82) is 0 Å². The van der Waals surface area contributed by atoms with E-state index in [-0.39, 0.29) is 5.91 Å². The van der Waals surface area contributed by atoms with E-state index < -0.39 is 0 Å². The van der Waals surface area contributed by atoms with Gasteiger partial charge < -0.3 is 15.1 Å². The number of carbonyl (C=O) groups excluding carboxylic acids is 1. The fraction of sp³-hybridized carbons (Fsp3) is 0.458. The second kappa shape index (κ2) is 9.13. The van der Waals surface area contributed by atoms with Crippen LogP contribution in [0.2, 0.25) is 0 Å². The van der Waals surface area contributed by atoms with E-state index in [4.69, 9.17) is 0 Å². The van der Waals surface area contributed by atoms with E-state index in [1.807, 2.05) is 12.1 Å². The Morgan fingerprint density at radius 1 is 0.679 bits per heavy atom. The fourth-order valence-corrected chi connectivity index (χ4v) is 4.24. The smallest absolute Gasteiger partial charge is 0.251 e. The largest absolute Gasteiger partial charge is 0.372 e. The van der Waals surface area contributed by atoms with Crippen LogP contribution in [0.1, 0.15) is 54.4 Å². The molecule has 2 heterocycles. The maximum absolute atomic E-state index is 12.5. The number of nitrogens with one attached hydrogen (secondary N) is 1. The molecule has 0 bridgehead atoms. The summed E-state index contributed by atoms with van der Waals surface area (Å²) in [6, 6.07) is 16.7. The van der Waals surface area contributed by atoms with E-state index in [0.29, 0.717) is 6.54 Å². The second-order valence-corrected chi connectivity index (χ2v) is 7.99. The highest BCUT2D eigenvalue weighted by Crippen LogP contribution is 2.21. The first kappa shape index (κ1) is 18.9. The Morgan fingerprint density at radius 2 is 1.14 bits per heavy atom. The van der Waals surface area contributed by atoms with Crippen LogP contribution in [0.15, 0.2) is 48.5 Å². The molecule has 2 aromatic rings. The third kappa shape index (κ3) is 4.67. The van der Waals surface area contributed by atoms with E-state index in [9.17, 15) is 4.79 Å². The molecule has 1 N–H and O–H groups in total. The van der Waals surface area contributed by atoms with Crippen LogP contribution in [0, 0.1) is 0 Å². The zero-order valence-corrected chi connectivity index (χ0v) is 16.7. The number of anilines is 2. The number of nitrogens with zero attached hydrogens (tertiary/aromatic N) is 2. The van der Waals surface area contributed by atoms with Gasteiger partial charge in [-0.1, -0.05) is 12.1 Å². The molecule has 4 heteroatoms. The van der Waals surface area contributed by atoms with Gasteiger partial charge in [0.2, 0.25) is 0 Å². The summed E-state index contributed by atoms with van der Waals surface area (Å²) in [5.74, 6) is -0.00898. The lowest BCUT2D eigenvalue weighted by molar-refractivity contribution is 0.0951. The molecule has 0 aromatic heterocycles. The molecule has 4 rings (SSSR count). The summed E-state index contributed by atoms with van der Waals surface area (Å²) in [6.45, 7) is 5.12. The lowest BCUT2D eigenvalue weighted by Gasteiger charge is -2.29. The van der Waals surface area contributed by atoms with Gasteiger partial charge in [-0.2, -0.15) is 0 Å². The van der Waals surface area contributed by atoms with Crippen LogP contribution in [0.5, 0.6) is 0 Å². The Morgan fingerprint density at radius 3 is 1.64 bits per heavy atom. The Kier molecular flexibility index (Phi) is 6.15. The Bertz CT molecular complexity index is 757. The molecular weight excluding hydrogens is 346 g/mol. The molecular formula is C24H31N3O. The first-order valence-electron chi connectivity index (χ1n) is 10.8. The van der Waals surface area contributed by atoms with Gasteiger partial charge in [0.15, 0.2) is 0 Å². The number of piperidine rings is 2. The quantitative estimate of drug-likeness (QED) is 0.827. The van der Waals surface area contributed by atoms with Gasteiger partial charge in [-0.05, 0) is 80.5 Å². The van der Waals surface area contributed by atoms with Crippen molar-refractivity contribution in [2.45, 2.75) is 45.1 Å². The number of amides is 1. The molecule has 2 saturated heterocycles. The van der Waals surface area contributed by atoms with E-state index in [0.717, 1.165) is 37.3 Å². The van der Waals surface area contributed by atoms with Crippen molar-refractivity contribution in [3.05, 3.63) is 59.7 Å². The van der Waals surface area contributed by atoms with Gasteiger partial charge >= 0.3 is 0 Å². The highest BCUT2D eigenvalue weighted by atomic mass is 16.1. The average molecular weight is 378 g/mol. The lowest BCUT2D eigenvalue weighted by atomic mass is 10.1. The van der Waals surface area contributed by atoms with Crippen molar-refractivity contribution in [3.8, 4) is 0 Å². The van der Waals surface area contributed by atoms with Crippen molar-refractivity contribution < 1.29 is 4.79 Å². The van der Waals surface area contributed by atoms with Crippen LogP contribution in [0.4, 0.5) is 11.4 Å². The number of hydrogen-bond donors (Lipinski definition) is 1. The maximum atomic E-state index is 12.5. The molecule has 2 aromatic carbocycles. The predicted molar refractivity (Wildman–Crippen MR) is 116 cm³/mol. The van der Waals surface area contributed by atoms with Crippen molar-refractivity contribution in [1.82, 2.24) is 5.32 Å². The zero-order chi connectivity index (χ0) is 19.2. The number of benzene rings is 2. The summed E-state index contributed by atoms with van der Waals surface area (Å²) < 4.78 is 0. The van der Waals surface area contributed by atoms with Gasteiger partial charge in [-0.25, -0.2) is 0 Å². The SMILES string of the molecule is O=C(NCc1ccc(N2CCCCC2)cc1)c1ccc(N2CCCCC2)cc1. The van der Waals surface area contributed by atoms with Crippen molar-refractivity contribution in [3.63, 3.8) is 0 Å². The molecule has 0 aliphatic carbocycles. The molecule has 2 aliphatic heterocycles. The van der Waals surface area contributed by atoms with E-state index >= 15 is 0 Å². The van der Waals surface area contributed by atoms with Gasteiger partial charge in [0.05, 0.1) is 0 Å². The maximum Gasteiger partial charge on any atom is 0.251 e. The topological polar surface area (TPSA) is 35.6 Å². The van der Waals surface area contributed by atoms with Gasteiger partial charge in [0, 0.05) is 49.7 Å². The third-order valence-corrected chi connectivity index (χ3v) is 5.96. The van der Waals surface area contributed by atoms with Crippen molar-refractivity contribution in [2.24, 2.45) is 0 Å². The van der Waals surface area contributed by atoms with Crippen LogP contribution in [0.25, 0.3) is 0 Å². The lowest BCUT2D eigenvalue weighted by Crippen LogP contribution is -2.29. The molecule has 148 valence electrons. The Labute approximate surface area is 168 Å². The molecule has 0 atom stereocenters. The van der Waals surface area contributed by atoms with E-state index in [1.165, 1.54) is 49.9 Å². The van der Waals surface area contributed by atoms with Gasteiger partial charge in [0.25, 0.3) is 5.91 Å². The third-order valence-electron chi connectivity index (χ3n) is 5.96. The van der Waals surface area contributed by atoms with Crippen LogP contribution in [0.3, 0.4) is 0 Å². The molecule has 0 unspecified atom stereocenters.